The van der Waals surface area contributed by atoms with E-state index in [1.807, 2.05) is 20.8 Å². The Morgan fingerprint density at radius 3 is 2.50 bits per heavy atom. The molecule has 1 aromatic rings. The van der Waals surface area contributed by atoms with Gasteiger partial charge in [0.25, 0.3) is 0 Å². The summed E-state index contributed by atoms with van der Waals surface area (Å²) in [6.07, 6.45) is -0.0561. The molecule has 1 N–H and O–H groups in total. The maximum absolute atomic E-state index is 12.2. The number of aromatic nitrogens is 2. The van der Waals surface area contributed by atoms with E-state index in [9.17, 15) is 18.0 Å². The van der Waals surface area contributed by atoms with Gasteiger partial charge < -0.3 is 10.1 Å². The highest BCUT2D eigenvalue weighted by Gasteiger charge is 2.35. The van der Waals surface area contributed by atoms with E-state index in [1.165, 1.54) is 0 Å². The van der Waals surface area contributed by atoms with Gasteiger partial charge in [0.05, 0.1) is 35.8 Å². The second-order valence-corrected chi connectivity index (χ2v) is 8.81. The predicted octanol–water partition coefficient (Wildman–Crippen LogP) is 1.35. The highest BCUT2D eigenvalue weighted by atomic mass is 32.2. The topological polar surface area (TPSA) is 107 Å². The van der Waals surface area contributed by atoms with Gasteiger partial charge in [-0.05, 0) is 27.7 Å². The fourth-order valence-corrected chi connectivity index (χ4v) is 3.99. The summed E-state index contributed by atoms with van der Waals surface area (Å²) >= 11 is 0. The molecule has 0 aliphatic carbocycles. The molecule has 134 valence electrons. The summed E-state index contributed by atoms with van der Waals surface area (Å²) < 4.78 is 30.0. The Morgan fingerprint density at radius 2 is 1.92 bits per heavy atom. The number of amides is 1. The van der Waals surface area contributed by atoms with E-state index in [2.05, 4.69) is 10.4 Å². The van der Waals surface area contributed by atoms with Crippen molar-refractivity contribution in [1.82, 2.24) is 9.78 Å². The summed E-state index contributed by atoms with van der Waals surface area (Å²) in [7, 11) is -3.22. The molecule has 0 atom stereocenters. The number of hydrogen-bond donors (Lipinski definition) is 1. The number of rotatable bonds is 5. The number of hydrogen-bond acceptors (Lipinski definition) is 6. The van der Waals surface area contributed by atoms with Crippen molar-refractivity contribution in [1.29, 1.82) is 0 Å². The summed E-state index contributed by atoms with van der Waals surface area (Å²) in [5, 5.41) is 7.09. The molecule has 0 saturated carbocycles. The second-order valence-electron chi connectivity index (χ2n) is 6.74. The zero-order chi connectivity index (χ0) is 18.1. The molecule has 8 nitrogen and oxygen atoms in total. The number of nitrogens with zero attached hydrogens (tertiary/aromatic N) is 2. The highest BCUT2D eigenvalue weighted by molar-refractivity contribution is 7.90. The number of carbonyl (C=O) groups is 2. The van der Waals surface area contributed by atoms with Gasteiger partial charge in [-0.3, -0.25) is 9.59 Å². The third-order valence-corrected chi connectivity index (χ3v) is 4.98. The van der Waals surface area contributed by atoms with Crippen LogP contribution in [0.25, 0.3) is 0 Å². The number of ether oxygens (including phenoxy) is 1. The van der Waals surface area contributed by atoms with Gasteiger partial charge in [-0.1, -0.05) is 0 Å². The molecule has 0 radical (unpaired) electrons. The Bertz CT molecular complexity index is 759. The molecule has 1 aliphatic rings. The summed E-state index contributed by atoms with van der Waals surface area (Å²) in [5.74, 6) is -0.666. The van der Waals surface area contributed by atoms with E-state index < -0.39 is 21.3 Å². The van der Waals surface area contributed by atoms with E-state index in [4.69, 9.17) is 4.74 Å². The fourth-order valence-electron chi connectivity index (χ4n) is 2.50. The number of anilines is 1. The van der Waals surface area contributed by atoms with Gasteiger partial charge >= 0.3 is 5.97 Å². The first-order valence-electron chi connectivity index (χ1n) is 7.80. The highest BCUT2D eigenvalue weighted by Crippen LogP contribution is 2.34. The van der Waals surface area contributed by atoms with E-state index in [0.717, 1.165) is 0 Å². The molecule has 1 aromatic heterocycles. The predicted molar refractivity (Wildman–Crippen MR) is 88.0 cm³/mol. The summed E-state index contributed by atoms with van der Waals surface area (Å²) in [5.41, 5.74) is 0.595. The third kappa shape index (κ3) is 4.14. The minimum absolute atomic E-state index is 0.0240. The smallest absolute Gasteiger partial charge is 0.306 e. The minimum Gasteiger partial charge on any atom is -0.466 e. The first kappa shape index (κ1) is 18.4. The van der Waals surface area contributed by atoms with Crippen molar-refractivity contribution >= 4 is 27.5 Å². The molecule has 0 unspecified atom stereocenters. The molecule has 0 saturated heterocycles. The lowest BCUT2D eigenvalue weighted by Gasteiger charge is -2.23. The summed E-state index contributed by atoms with van der Waals surface area (Å²) in [6, 6.07) is 0. The van der Waals surface area contributed by atoms with Crippen LogP contribution in [0.1, 0.15) is 51.8 Å². The van der Waals surface area contributed by atoms with Crippen molar-refractivity contribution in [2.45, 2.75) is 57.6 Å². The van der Waals surface area contributed by atoms with Crippen molar-refractivity contribution < 1.29 is 22.7 Å². The quantitative estimate of drug-likeness (QED) is 0.797. The zero-order valence-corrected chi connectivity index (χ0v) is 15.2. The zero-order valence-electron chi connectivity index (χ0n) is 14.4. The Labute approximate surface area is 141 Å². The van der Waals surface area contributed by atoms with Gasteiger partial charge in [0.1, 0.15) is 5.82 Å². The van der Waals surface area contributed by atoms with Crippen LogP contribution in [-0.4, -0.2) is 36.7 Å². The van der Waals surface area contributed by atoms with Crippen LogP contribution in [0.5, 0.6) is 0 Å². The van der Waals surface area contributed by atoms with Crippen LogP contribution in [0.4, 0.5) is 5.82 Å². The number of esters is 1. The van der Waals surface area contributed by atoms with Gasteiger partial charge in [0, 0.05) is 12.0 Å². The average molecular weight is 357 g/mol. The normalized spacial score (nSPS) is 15.8. The van der Waals surface area contributed by atoms with Crippen LogP contribution < -0.4 is 5.32 Å². The molecule has 0 bridgehead atoms. The molecular weight excluding hydrogens is 334 g/mol. The summed E-state index contributed by atoms with van der Waals surface area (Å²) in [6.45, 7) is 7.71. The molecule has 0 fully saturated rings. The second kappa shape index (κ2) is 6.54. The van der Waals surface area contributed by atoms with E-state index >= 15 is 0 Å². The average Bonchev–Trinajstić information content (AvgIpc) is 2.90. The molecule has 0 spiro atoms. The molecule has 9 heteroatoms. The lowest BCUT2D eigenvalue weighted by Crippen LogP contribution is -2.28. The van der Waals surface area contributed by atoms with Gasteiger partial charge in [-0.25, -0.2) is 13.1 Å². The number of nitrogens with one attached hydrogen (secondary N) is 1. The maximum atomic E-state index is 12.2. The standard InChI is InChI=1S/C15H23N3O5S/c1-5-23-13(20)7-6-12(19)16-14-10-8-24(21,22)9-11(10)17-18(14)15(2,3)4/h5-9H2,1-4H3,(H,16,19). The number of carbonyl (C=O) groups excluding carboxylic acids is 2. The Kier molecular flexibility index (Phi) is 5.03. The van der Waals surface area contributed by atoms with Crippen LogP contribution in [-0.2, 0) is 41.2 Å². The Balaban J connectivity index is 2.20. The largest absolute Gasteiger partial charge is 0.466 e. The summed E-state index contributed by atoms with van der Waals surface area (Å²) in [4.78, 5) is 23.5. The van der Waals surface area contributed by atoms with Crippen LogP contribution in [0, 0.1) is 0 Å². The van der Waals surface area contributed by atoms with Gasteiger partial charge in [-0.15, -0.1) is 0 Å². The molecule has 1 amide bonds. The number of fused-ring (bicyclic) bond motifs is 1. The van der Waals surface area contributed by atoms with E-state index in [-0.39, 0.29) is 36.9 Å². The lowest BCUT2D eigenvalue weighted by atomic mass is 10.1. The molecule has 2 heterocycles. The maximum Gasteiger partial charge on any atom is 0.306 e. The van der Waals surface area contributed by atoms with Crippen molar-refractivity contribution in [3.05, 3.63) is 11.3 Å². The Morgan fingerprint density at radius 1 is 1.25 bits per heavy atom. The molecule has 24 heavy (non-hydrogen) atoms. The van der Waals surface area contributed by atoms with E-state index in [0.29, 0.717) is 17.1 Å². The van der Waals surface area contributed by atoms with Crippen molar-refractivity contribution in [3.63, 3.8) is 0 Å². The Hall–Kier alpha value is -1.90. The van der Waals surface area contributed by atoms with Crippen molar-refractivity contribution in [3.8, 4) is 0 Å². The minimum atomic E-state index is -3.22. The van der Waals surface area contributed by atoms with Crippen molar-refractivity contribution in [2.24, 2.45) is 0 Å². The first-order chi connectivity index (χ1) is 11.0. The third-order valence-electron chi connectivity index (χ3n) is 3.54. The van der Waals surface area contributed by atoms with Crippen molar-refractivity contribution in [2.75, 3.05) is 11.9 Å². The van der Waals surface area contributed by atoms with Crippen LogP contribution in [0.3, 0.4) is 0 Å². The lowest BCUT2D eigenvalue weighted by molar-refractivity contribution is -0.144. The number of sulfone groups is 1. The first-order valence-corrected chi connectivity index (χ1v) is 9.63. The van der Waals surface area contributed by atoms with Crippen LogP contribution in [0.15, 0.2) is 0 Å². The fraction of sp³-hybridized carbons (Fsp3) is 0.667. The van der Waals surface area contributed by atoms with Crippen LogP contribution >= 0.6 is 0 Å². The van der Waals surface area contributed by atoms with Gasteiger partial charge in [0.2, 0.25) is 5.91 Å². The molecular formula is C15H23N3O5S. The van der Waals surface area contributed by atoms with Gasteiger partial charge in [0.15, 0.2) is 9.84 Å². The SMILES string of the molecule is CCOC(=O)CCC(=O)Nc1c2c(nn1C(C)(C)C)CS(=O)(=O)C2. The van der Waals surface area contributed by atoms with Crippen LogP contribution in [0.2, 0.25) is 0 Å². The monoisotopic (exact) mass is 357 g/mol. The molecule has 1 aliphatic heterocycles. The van der Waals surface area contributed by atoms with Gasteiger partial charge in [-0.2, -0.15) is 5.10 Å². The molecule has 2 rings (SSSR count). The molecule has 0 aromatic carbocycles. The van der Waals surface area contributed by atoms with E-state index in [1.54, 1.807) is 11.6 Å².